The van der Waals surface area contributed by atoms with Gasteiger partial charge in [-0.2, -0.15) is 4.37 Å². The van der Waals surface area contributed by atoms with Crippen LogP contribution >= 0.6 is 43.4 Å². The lowest BCUT2D eigenvalue weighted by Crippen LogP contribution is -1.96. The average Bonchev–Trinajstić information content (AvgIpc) is 2.14. The Morgan fingerprint density at radius 1 is 1.60 bits per heavy atom. The van der Waals surface area contributed by atoms with Gasteiger partial charge >= 0.3 is 5.97 Å². The number of carboxylic acid groups (broad SMARTS) is 1. The molecule has 0 radical (unpaired) electrons. The summed E-state index contributed by atoms with van der Waals surface area (Å²) < 4.78 is 4.87. The smallest absolute Gasteiger partial charge is 0.356 e. The van der Waals surface area contributed by atoms with Crippen LogP contribution in [0.3, 0.4) is 0 Å². The fourth-order valence-corrected chi connectivity index (χ4v) is 1.91. The second kappa shape index (κ2) is 2.98. The van der Waals surface area contributed by atoms with E-state index in [0.717, 1.165) is 11.5 Å². The van der Waals surface area contributed by atoms with Crippen molar-refractivity contribution in [2.45, 2.75) is 0 Å². The lowest BCUT2D eigenvalue weighted by molar-refractivity contribution is 0.0691. The third-order valence-electron chi connectivity index (χ3n) is 0.800. The molecule has 1 heterocycles. The number of nitrogens with zero attached hydrogens (tertiary/aromatic N) is 1. The quantitative estimate of drug-likeness (QED) is 0.862. The average molecular weight is 287 g/mol. The van der Waals surface area contributed by atoms with Crippen LogP contribution in [0.5, 0.6) is 0 Å². The summed E-state index contributed by atoms with van der Waals surface area (Å²) in [4.78, 5) is 10.3. The van der Waals surface area contributed by atoms with Crippen molar-refractivity contribution >= 4 is 49.4 Å². The van der Waals surface area contributed by atoms with Gasteiger partial charge in [-0.15, -0.1) is 0 Å². The van der Waals surface area contributed by atoms with Crippen molar-refractivity contribution in [2.75, 3.05) is 0 Å². The van der Waals surface area contributed by atoms with Crippen molar-refractivity contribution < 1.29 is 9.90 Å². The number of aromatic nitrogens is 1. The molecule has 1 aromatic rings. The molecule has 1 rings (SSSR count). The van der Waals surface area contributed by atoms with Crippen LogP contribution in [0, 0.1) is 0 Å². The van der Waals surface area contributed by atoms with Gasteiger partial charge in [0.15, 0.2) is 5.69 Å². The summed E-state index contributed by atoms with van der Waals surface area (Å²) in [6.07, 6.45) is 0. The minimum atomic E-state index is -1.02. The van der Waals surface area contributed by atoms with Crippen LogP contribution in [0.25, 0.3) is 0 Å². The van der Waals surface area contributed by atoms with Gasteiger partial charge in [0.25, 0.3) is 0 Å². The Balaban J connectivity index is 3.17. The molecule has 0 saturated carbocycles. The zero-order valence-electron chi connectivity index (χ0n) is 4.47. The van der Waals surface area contributed by atoms with Crippen molar-refractivity contribution in [1.82, 2.24) is 4.37 Å². The molecule has 0 unspecified atom stereocenters. The minimum Gasteiger partial charge on any atom is -0.476 e. The van der Waals surface area contributed by atoms with Gasteiger partial charge < -0.3 is 5.11 Å². The molecule has 10 heavy (non-hydrogen) atoms. The van der Waals surface area contributed by atoms with E-state index in [1.54, 1.807) is 0 Å². The highest BCUT2D eigenvalue weighted by molar-refractivity contribution is 9.13. The molecule has 6 heteroatoms. The van der Waals surface area contributed by atoms with Crippen molar-refractivity contribution in [3.05, 3.63) is 14.0 Å². The number of halogens is 2. The van der Waals surface area contributed by atoms with E-state index in [-0.39, 0.29) is 5.69 Å². The predicted octanol–water partition coefficient (Wildman–Crippen LogP) is 2.37. The zero-order chi connectivity index (χ0) is 7.72. The highest BCUT2D eigenvalue weighted by Crippen LogP contribution is 2.29. The second-order valence-electron chi connectivity index (χ2n) is 1.42. The molecule has 0 atom stereocenters. The van der Waals surface area contributed by atoms with Crippen LogP contribution in [0.1, 0.15) is 10.5 Å². The van der Waals surface area contributed by atoms with Crippen molar-refractivity contribution in [1.29, 1.82) is 0 Å². The van der Waals surface area contributed by atoms with Crippen LogP contribution in [-0.4, -0.2) is 15.4 Å². The zero-order valence-corrected chi connectivity index (χ0v) is 8.46. The van der Waals surface area contributed by atoms with E-state index < -0.39 is 5.97 Å². The van der Waals surface area contributed by atoms with E-state index in [0.29, 0.717) is 8.26 Å². The predicted molar refractivity (Wildman–Crippen MR) is 44.5 cm³/mol. The Bertz CT molecular complexity index is 272. The van der Waals surface area contributed by atoms with E-state index in [2.05, 4.69) is 36.2 Å². The van der Waals surface area contributed by atoms with Gasteiger partial charge in [0.2, 0.25) is 0 Å². The maximum absolute atomic E-state index is 10.3. The molecule has 0 aliphatic heterocycles. The first-order valence-corrected chi connectivity index (χ1v) is 4.53. The van der Waals surface area contributed by atoms with Crippen LogP contribution in [0.4, 0.5) is 0 Å². The highest BCUT2D eigenvalue weighted by atomic mass is 79.9. The molecule has 0 spiro atoms. The highest BCUT2D eigenvalue weighted by Gasteiger charge is 2.14. The summed E-state index contributed by atoms with van der Waals surface area (Å²) in [6.45, 7) is 0. The standard InChI is InChI=1S/C4HBr2NO2S/c5-1-2(4(8)9)7-10-3(1)6/h(H,8,9). The van der Waals surface area contributed by atoms with Gasteiger partial charge in [-0.05, 0) is 43.4 Å². The topological polar surface area (TPSA) is 50.2 Å². The maximum Gasteiger partial charge on any atom is 0.356 e. The summed E-state index contributed by atoms with van der Waals surface area (Å²) in [5.74, 6) is -1.02. The lowest BCUT2D eigenvalue weighted by Gasteiger charge is -1.84. The lowest BCUT2D eigenvalue weighted by atomic mass is 10.5. The Morgan fingerprint density at radius 2 is 2.20 bits per heavy atom. The Hall–Kier alpha value is 0.0600. The first kappa shape index (κ1) is 8.16. The van der Waals surface area contributed by atoms with E-state index in [1.807, 2.05) is 0 Å². The summed E-state index contributed by atoms with van der Waals surface area (Å²) >= 11 is 7.30. The number of carboxylic acids is 1. The Morgan fingerprint density at radius 3 is 2.40 bits per heavy atom. The molecule has 1 N–H and O–H groups in total. The molecule has 1 aromatic heterocycles. The number of hydrogen-bond donors (Lipinski definition) is 1. The molecule has 54 valence electrons. The third-order valence-corrected chi connectivity index (χ3v) is 3.84. The molecule has 0 bridgehead atoms. The Labute approximate surface area is 77.5 Å². The fraction of sp³-hybridized carbons (Fsp3) is 0. The van der Waals surface area contributed by atoms with Crippen molar-refractivity contribution in [2.24, 2.45) is 0 Å². The van der Waals surface area contributed by atoms with E-state index in [4.69, 9.17) is 5.11 Å². The monoisotopic (exact) mass is 285 g/mol. The van der Waals surface area contributed by atoms with Crippen molar-refractivity contribution in [3.8, 4) is 0 Å². The summed E-state index contributed by atoms with van der Waals surface area (Å²) in [7, 11) is 0. The summed E-state index contributed by atoms with van der Waals surface area (Å²) in [6, 6.07) is 0. The van der Waals surface area contributed by atoms with Gasteiger partial charge in [-0.1, -0.05) is 0 Å². The molecule has 0 aromatic carbocycles. The van der Waals surface area contributed by atoms with Crippen LogP contribution in [-0.2, 0) is 0 Å². The molecular weight excluding hydrogens is 286 g/mol. The fourth-order valence-electron chi connectivity index (χ4n) is 0.392. The number of rotatable bonds is 1. The van der Waals surface area contributed by atoms with Crippen LogP contribution < -0.4 is 0 Å². The van der Waals surface area contributed by atoms with Gasteiger partial charge in [0.1, 0.15) is 3.79 Å². The third kappa shape index (κ3) is 1.38. The van der Waals surface area contributed by atoms with Crippen LogP contribution in [0.2, 0.25) is 0 Å². The van der Waals surface area contributed by atoms with Crippen LogP contribution in [0.15, 0.2) is 8.26 Å². The van der Waals surface area contributed by atoms with Gasteiger partial charge in [0.05, 0.1) is 4.47 Å². The molecule has 3 nitrogen and oxygen atoms in total. The van der Waals surface area contributed by atoms with E-state index >= 15 is 0 Å². The maximum atomic E-state index is 10.3. The first-order chi connectivity index (χ1) is 4.63. The SMILES string of the molecule is O=C(O)c1nsc(Br)c1Br. The Kier molecular flexibility index (Phi) is 2.43. The van der Waals surface area contributed by atoms with E-state index in [1.165, 1.54) is 0 Å². The van der Waals surface area contributed by atoms with Gasteiger partial charge in [-0.25, -0.2) is 4.79 Å². The summed E-state index contributed by atoms with van der Waals surface area (Å²) in [5.41, 5.74) is 0.0527. The molecule has 0 saturated heterocycles. The largest absolute Gasteiger partial charge is 0.476 e. The number of hydrogen-bond acceptors (Lipinski definition) is 3. The van der Waals surface area contributed by atoms with E-state index in [9.17, 15) is 4.79 Å². The molecule has 0 fully saturated rings. The van der Waals surface area contributed by atoms with Gasteiger partial charge in [0, 0.05) is 0 Å². The molecule has 0 aliphatic rings. The van der Waals surface area contributed by atoms with Crippen molar-refractivity contribution in [3.63, 3.8) is 0 Å². The first-order valence-electron chi connectivity index (χ1n) is 2.17. The molecule has 0 aliphatic carbocycles. The number of carbonyl (C=O) groups is 1. The van der Waals surface area contributed by atoms with Gasteiger partial charge in [-0.3, -0.25) is 0 Å². The minimum absolute atomic E-state index is 0.0527. The molecule has 0 amide bonds. The normalized spacial score (nSPS) is 9.80. The second-order valence-corrected chi connectivity index (χ2v) is 4.31. The summed E-state index contributed by atoms with van der Waals surface area (Å²) in [5, 5.41) is 8.47. The number of aromatic carboxylic acids is 1. The molecular formula is C4HBr2NO2S.